The smallest absolute Gasteiger partial charge is 0.244 e. The van der Waals surface area contributed by atoms with Crippen LogP contribution in [0.4, 0.5) is 5.69 Å². The number of nitrogens with zero attached hydrogens (tertiary/aromatic N) is 5. The molecule has 11 heteroatoms. The van der Waals surface area contributed by atoms with Crippen molar-refractivity contribution in [2.24, 2.45) is 5.11 Å². The second-order valence-corrected chi connectivity index (χ2v) is 10.2. The number of fused-ring (bicyclic) bond motifs is 1. The van der Waals surface area contributed by atoms with Gasteiger partial charge in [-0.3, -0.25) is 9.59 Å². The number of benzene rings is 2. The number of azide groups is 1. The molecule has 3 heterocycles. The van der Waals surface area contributed by atoms with Crippen LogP contribution in [0.1, 0.15) is 34.3 Å². The number of aromatic nitrogens is 2. The Morgan fingerprint density at radius 3 is 2.98 bits per heavy atom. The molecule has 1 aliphatic heterocycles. The molecule has 2 aromatic carbocycles. The zero-order valence-electron chi connectivity index (χ0n) is 23.4. The molecule has 0 radical (unpaired) electrons. The lowest BCUT2D eigenvalue weighted by molar-refractivity contribution is -0.117. The monoisotopic (exact) mass is 577 g/mol. The lowest BCUT2D eigenvalue weighted by Crippen LogP contribution is -2.40. The van der Waals surface area contributed by atoms with E-state index in [9.17, 15) is 14.7 Å². The molecule has 2 aromatic heterocycles. The van der Waals surface area contributed by atoms with Gasteiger partial charge < -0.3 is 25.0 Å². The van der Waals surface area contributed by atoms with Gasteiger partial charge >= 0.3 is 0 Å². The quantitative estimate of drug-likeness (QED) is 0.0530. The van der Waals surface area contributed by atoms with Gasteiger partial charge in [0.2, 0.25) is 5.91 Å². The van der Waals surface area contributed by atoms with Crippen LogP contribution >= 0.6 is 0 Å². The van der Waals surface area contributed by atoms with Crippen LogP contribution in [0.15, 0.2) is 90.3 Å². The van der Waals surface area contributed by atoms with Gasteiger partial charge in [0.1, 0.15) is 23.8 Å². The third-order valence-corrected chi connectivity index (χ3v) is 7.12. The number of ketones is 1. The predicted molar refractivity (Wildman–Crippen MR) is 165 cm³/mol. The first-order valence-electron chi connectivity index (χ1n) is 13.8. The molecule has 218 valence electrons. The van der Waals surface area contributed by atoms with Gasteiger partial charge in [-0.2, -0.15) is 0 Å². The summed E-state index contributed by atoms with van der Waals surface area (Å²) in [4.78, 5) is 38.3. The summed E-state index contributed by atoms with van der Waals surface area (Å²) in [5, 5.41) is 17.8. The van der Waals surface area contributed by atoms with E-state index in [-0.39, 0.29) is 30.2 Å². The van der Waals surface area contributed by atoms with Crippen molar-refractivity contribution in [1.82, 2.24) is 15.3 Å². The summed E-state index contributed by atoms with van der Waals surface area (Å²) in [7, 11) is 0. The number of piperidine rings is 1. The summed E-state index contributed by atoms with van der Waals surface area (Å²) in [6.07, 6.45) is 8.47. The molecule has 0 spiro atoms. The molecule has 1 aliphatic rings. The van der Waals surface area contributed by atoms with E-state index >= 15 is 0 Å². The molecule has 0 bridgehead atoms. The van der Waals surface area contributed by atoms with Crippen LogP contribution in [0.25, 0.3) is 27.6 Å². The Morgan fingerprint density at radius 2 is 2.14 bits per heavy atom. The van der Waals surface area contributed by atoms with Gasteiger partial charge in [-0.05, 0) is 66.9 Å². The fourth-order valence-electron chi connectivity index (χ4n) is 4.96. The van der Waals surface area contributed by atoms with E-state index in [1.54, 1.807) is 54.9 Å². The number of carbonyl (C=O) groups excluding carboxylic acids is 2. The number of nitrogens with one attached hydrogen (secondary N) is 2. The third kappa shape index (κ3) is 7.22. The lowest BCUT2D eigenvalue weighted by atomic mass is 10.00. The molecule has 43 heavy (non-hydrogen) atoms. The Kier molecular flexibility index (Phi) is 9.04. The fraction of sp³-hybridized carbons (Fsp3) is 0.219. The van der Waals surface area contributed by atoms with Gasteiger partial charge in [0.15, 0.2) is 5.78 Å². The van der Waals surface area contributed by atoms with Crippen LogP contribution in [0.5, 0.6) is 11.5 Å². The molecular weight excluding hydrogens is 546 g/mol. The number of amides is 1. The molecule has 11 nitrogen and oxygen atoms in total. The number of H-pyrrole nitrogens is 1. The number of phenols is 1. The molecule has 4 aromatic rings. The van der Waals surface area contributed by atoms with Crippen molar-refractivity contribution in [2.75, 3.05) is 31.1 Å². The van der Waals surface area contributed by atoms with E-state index in [0.29, 0.717) is 23.5 Å². The van der Waals surface area contributed by atoms with Crippen molar-refractivity contribution in [1.29, 1.82) is 0 Å². The highest BCUT2D eigenvalue weighted by Crippen LogP contribution is 2.29. The number of rotatable bonds is 11. The molecule has 0 aliphatic carbocycles. The van der Waals surface area contributed by atoms with E-state index in [0.717, 1.165) is 41.6 Å². The zero-order valence-corrected chi connectivity index (χ0v) is 23.4. The third-order valence-electron chi connectivity index (χ3n) is 7.12. The number of ether oxygens (including phenoxy) is 1. The maximum absolute atomic E-state index is 13.4. The van der Waals surface area contributed by atoms with E-state index in [2.05, 4.69) is 36.8 Å². The van der Waals surface area contributed by atoms with Crippen LogP contribution < -0.4 is 15.0 Å². The van der Waals surface area contributed by atoms with Crippen LogP contribution in [-0.4, -0.2) is 59.0 Å². The minimum Gasteiger partial charge on any atom is -0.507 e. The van der Waals surface area contributed by atoms with Crippen molar-refractivity contribution in [3.05, 3.63) is 112 Å². The number of aromatic hydroxyl groups is 1. The largest absolute Gasteiger partial charge is 0.507 e. The molecule has 1 fully saturated rings. The molecule has 0 unspecified atom stereocenters. The molecule has 1 atom stereocenters. The predicted octanol–water partition coefficient (Wildman–Crippen LogP) is 5.54. The summed E-state index contributed by atoms with van der Waals surface area (Å²) in [6.45, 7) is 5.61. The number of aromatic amines is 1. The standard InChI is InChI=1S/C32H31N7O4/c1-21-5-4-14-39(19-21)25-10-11-29(40)28(16-25)31(42)22-6-2-7-26(15-22)43-20-24(18-36-38-33)37-30(41)12-9-23-17-35-32-27(23)8-3-13-34-32/h2-3,6-13,15-17,24,40H,1,4-5,14,18-20H2,(H,34,35)(H,37,41)/b12-9+/t24-/m1/s1. The summed E-state index contributed by atoms with van der Waals surface area (Å²) >= 11 is 0. The average molecular weight is 578 g/mol. The van der Waals surface area contributed by atoms with Gasteiger partial charge in [0, 0.05) is 65.2 Å². The van der Waals surface area contributed by atoms with Crippen molar-refractivity contribution in [3.63, 3.8) is 0 Å². The second kappa shape index (κ2) is 13.4. The maximum Gasteiger partial charge on any atom is 0.244 e. The van der Waals surface area contributed by atoms with Crippen LogP contribution in [0, 0.1) is 0 Å². The SMILES string of the molecule is C=C1CCCN(c2ccc(O)c(C(=O)c3cccc(OC[C@@H](CN=[N+]=[N-])NC(=O)/C=C/c4c[nH]c5ncccc45)c3)c2)C1. The van der Waals surface area contributed by atoms with Gasteiger partial charge in [-0.15, -0.1) is 0 Å². The number of hydrogen-bond donors (Lipinski definition) is 3. The fourth-order valence-corrected chi connectivity index (χ4v) is 4.96. The highest BCUT2D eigenvalue weighted by Gasteiger charge is 2.19. The summed E-state index contributed by atoms with van der Waals surface area (Å²) in [5.74, 6) is -0.463. The summed E-state index contributed by atoms with van der Waals surface area (Å²) in [5.41, 5.74) is 12.9. The van der Waals surface area contributed by atoms with Crippen molar-refractivity contribution in [2.45, 2.75) is 18.9 Å². The Hall–Kier alpha value is -5.54. The number of carbonyl (C=O) groups is 2. The number of pyridine rings is 1. The first-order valence-corrected chi connectivity index (χ1v) is 13.8. The topological polar surface area (TPSA) is 156 Å². The molecule has 0 saturated carbocycles. The highest BCUT2D eigenvalue weighted by molar-refractivity contribution is 6.11. The van der Waals surface area contributed by atoms with Gasteiger partial charge in [-0.1, -0.05) is 29.4 Å². The number of anilines is 1. The highest BCUT2D eigenvalue weighted by atomic mass is 16.5. The maximum atomic E-state index is 13.4. The Morgan fingerprint density at radius 1 is 1.26 bits per heavy atom. The Labute approximate surface area is 248 Å². The van der Waals surface area contributed by atoms with Gasteiger partial charge in [-0.25, -0.2) is 4.98 Å². The molecule has 1 amide bonds. The average Bonchev–Trinajstić information content (AvgIpc) is 3.44. The minimum absolute atomic E-state index is 0.00711. The second-order valence-electron chi connectivity index (χ2n) is 10.2. The molecule has 3 N–H and O–H groups in total. The molecule has 5 rings (SSSR count). The van der Waals surface area contributed by atoms with E-state index in [4.69, 9.17) is 10.3 Å². The van der Waals surface area contributed by atoms with E-state index in [1.165, 1.54) is 12.1 Å². The summed E-state index contributed by atoms with van der Waals surface area (Å²) in [6, 6.07) is 14.7. The van der Waals surface area contributed by atoms with Gasteiger partial charge in [0.05, 0.1) is 11.6 Å². The van der Waals surface area contributed by atoms with Crippen molar-refractivity contribution < 1.29 is 19.4 Å². The van der Waals surface area contributed by atoms with Crippen molar-refractivity contribution >= 4 is 34.5 Å². The number of hydrogen-bond acceptors (Lipinski definition) is 7. The Bertz CT molecular complexity index is 1740. The number of phenolic OH excluding ortho intramolecular Hbond substituents is 1. The lowest BCUT2D eigenvalue weighted by Gasteiger charge is -2.30. The summed E-state index contributed by atoms with van der Waals surface area (Å²) < 4.78 is 5.89. The van der Waals surface area contributed by atoms with E-state index in [1.807, 2.05) is 12.1 Å². The molecule has 1 saturated heterocycles. The zero-order chi connectivity index (χ0) is 30.2. The first kappa shape index (κ1) is 29.0. The molecular formula is C32H31N7O4. The van der Waals surface area contributed by atoms with Crippen LogP contribution in [-0.2, 0) is 4.79 Å². The van der Waals surface area contributed by atoms with Gasteiger partial charge in [0.25, 0.3) is 0 Å². The first-order chi connectivity index (χ1) is 20.9. The normalized spacial score (nSPS) is 14.0. The Balaban J connectivity index is 1.25. The van der Waals surface area contributed by atoms with E-state index < -0.39 is 11.9 Å². The van der Waals surface area contributed by atoms with Crippen LogP contribution in [0.3, 0.4) is 0 Å². The minimum atomic E-state index is -0.628. The van der Waals surface area contributed by atoms with Crippen molar-refractivity contribution in [3.8, 4) is 11.5 Å². The van der Waals surface area contributed by atoms with Crippen LogP contribution in [0.2, 0.25) is 0 Å².